The molecule has 2 aromatic heterocycles. The van der Waals surface area contributed by atoms with Gasteiger partial charge in [-0.25, -0.2) is 0 Å². The number of halogens is 1. The Hall–Kier alpha value is -2.66. The SMILES string of the molecule is O=C(c1ccc(Cl)c2cccnc12)N1CCN(c2ccncc2)CC1. The first kappa shape index (κ1) is 15.8. The van der Waals surface area contributed by atoms with Gasteiger partial charge < -0.3 is 9.80 Å². The van der Waals surface area contributed by atoms with Crippen molar-refractivity contribution in [1.82, 2.24) is 14.9 Å². The van der Waals surface area contributed by atoms with Crippen LogP contribution >= 0.6 is 11.6 Å². The molecule has 1 aliphatic heterocycles. The van der Waals surface area contributed by atoms with Crippen LogP contribution in [0.2, 0.25) is 5.02 Å². The van der Waals surface area contributed by atoms with Crippen molar-refractivity contribution >= 4 is 34.1 Å². The van der Waals surface area contributed by atoms with Crippen LogP contribution in [0.15, 0.2) is 55.0 Å². The lowest BCUT2D eigenvalue weighted by Gasteiger charge is -2.36. The highest BCUT2D eigenvalue weighted by atomic mass is 35.5. The third-order valence-corrected chi connectivity index (χ3v) is 4.87. The van der Waals surface area contributed by atoms with Crippen molar-refractivity contribution in [3.63, 3.8) is 0 Å². The minimum atomic E-state index is 0.00902. The molecule has 0 unspecified atom stereocenters. The molecule has 0 spiro atoms. The van der Waals surface area contributed by atoms with E-state index >= 15 is 0 Å². The van der Waals surface area contributed by atoms with E-state index in [1.54, 1.807) is 30.7 Å². The molecule has 1 aromatic carbocycles. The lowest BCUT2D eigenvalue weighted by atomic mass is 10.1. The van der Waals surface area contributed by atoms with Crippen molar-refractivity contribution in [1.29, 1.82) is 0 Å². The molecule has 6 heteroatoms. The fraction of sp³-hybridized carbons (Fsp3) is 0.211. The van der Waals surface area contributed by atoms with E-state index in [0.29, 0.717) is 29.2 Å². The average Bonchev–Trinajstić information content (AvgIpc) is 2.69. The second-order valence-corrected chi connectivity index (χ2v) is 6.39. The van der Waals surface area contributed by atoms with Gasteiger partial charge in [-0.05, 0) is 36.4 Å². The Morgan fingerprint density at radius 3 is 2.48 bits per heavy atom. The van der Waals surface area contributed by atoms with Gasteiger partial charge in [0.1, 0.15) is 0 Å². The maximum Gasteiger partial charge on any atom is 0.256 e. The normalized spacial score (nSPS) is 14.8. The third kappa shape index (κ3) is 3.03. The molecule has 0 N–H and O–H groups in total. The number of pyridine rings is 2. The topological polar surface area (TPSA) is 49.3 Å². The van der Waals surface area contributed by atoms with Crippen LogP contribution in [-0.2, 0) is 0 Å². The number of hydrogen-bond acceptors (Lipinski definition) is 4. The van der Waals surface area contributed by atoms with Crippen molar-refractivity contribution in [2.75, 3.05) is 31.1 Å². The monoisotopic (exact) mass is 352 g/mol. The van der Waals surface area contributed by atoms with Crippen molar-refractivity contribution in [3.05, 3.63) is 65.6 Å². The number of amides is 1. The number of piperazine rings is 1. The van der Waals surface area contributed by atoms with Crippen molar-refractivity contribution in [3.8, 4) is 0 Å². The molecule has 0 radical (unpaired) electrons. The predicted octanol–water partition coefficient (Wildman–Crippen LogP) is 3.25. The fourth-order valence-electron chi connectivity index (χ4n) is 3.20. The molecule has 25 heavy (non-hydrogen) atoms. The molecule has 1 aliphatic rings. The molecular weight excluding hydrogens is 336 g/mol. The van der Waals surface area contributed by atoms with Crippen molar-refractivity contribution < 1.29 is 4.79 Å². The minimum Gasteiger partial charge on any atom is -0.368 e. The van der Waals surface area contributed by atoms with Gasteiger partial charge in [0.25, 0.3) is 5.91 Å². The summed E-state index contributed by atoms with van der Waals surface area (Å²) < 4.78 is 0. The number of rotatable bonds is 2. The summed E-state index contributed by atoms with van der Waals surface area (Å²) in [6.45, 7) is 2.96. The summed E-state index contributed by atoms with van der Waals surface area (Å²) in [4.78, 5) is 25.6. The second-order valence-electron chi connectivity index (χ2n) is 5.98. The Balaban J connectivity index is 1.54. The Morgan fingerprint density at radius 2 is 1.72 bits per heavy atom. The van der Waals surface area contributed by atoms with Gasteiger partial charge in [-0.2, -0.15) is 0 Å². The molecular formula is C19H17ClN4O. The molecule has 0 atom stereocenters. The lowest BCUT2D eigenvalue weighted by molar-refractivity contribution is 0.0748. The maximum atomic E-state index is 13.0. The van der Waals surface area contributed by atoms with E-state index in [2.05, 4.69) is 14.9 Å². The number of carbonyl (C=O) groups excluding carboxylic acids is 1. The molecule has 1 amide bonds. The van der Waals surface area contributed by atoms with Gasteiger partial charge in [0.15, 0.2) is 0 Å². The highest BCUT2D eigenvalue weighted by Crippen LogP contribution is 2.26. The van der Waals surface area contributed by atoms with E-state index < -0.39 is 0 Å². The summed E-state index contributed by atoms with van der Waals surface area (Å²) in [6, 6.07) is 11.3. The maximum absolute atomic E-state index is 13.0. The van der Waals surface area contributed by atoms with Gasteiger partial charge in [0.05, 0.1) is 16.1 Å². The molecule has 5 nitrogen and oxygen atoms in total. The molecule has 4 rings (SSSR count). The number of nitrogens with zero attached hydrogens (tertiary/aromatic N) is 4. The van der Waals surface area contributed by atoms with Gasteiger partial charge in [-0.1, -0.05) is 11.6 Å². The van der Waals surface area contributed by atoms with Crippen molar-refractivity contribution in [2.45, 2.75) is 0 Å². The van der Waals surface area contributed by atoms with E-state index in [9.17, 15) is 4.79 Å². The van der Waals surface area contributed by atoms with Crippen LogP contribution in [0, 0.1) is 0 Å². The zero-order valence-corrected chi connectivity index (χ0v) is 14.4. The van der Waals surface area contributed by atoms with Gasteiger partial charge in [0.2, 0.25) is 0 Å². The fourth-order valence-corrected chi connectivity index (χ4v) is 3.42. The molecule has 0 bridgehead atoms. The summed E-state index contributed by atoms with van der Waals surface area (Å²) in [5, 5.41) is 1.42. The van der Waals surface area contributed by atoms with E-state index in [1.807, 2.05) is 29.2 Å². The second kappa shape index (κ2) is 6.69. The van der Waals surface area contributed by atoms with Crippen LogP contribution in [0.25, 0.3) is 10.9 Å². The van der Waals surface area contributed by atoms with Crippen LogP contribution in [0.1, 0.15) is 10.4 Å². The van der Waals surface area contributed by atoms with Gasteiger partial charge in [-0.3, -0.25) is 14.8 Å². The van der Waals surface area contributed by atoms with Crippen molar-refractivity contribution in [2.24, 2.45) is 0 Å². The van der Waals surface area contributed by atoms with Gasteiger partial charge >= 0.3 is 0 Å². The number of anilines is 1. The largest absolute Gasteiger partial charge is 0.368 e. The first-order valence-electron chi connectivity index (χ1n) is 8.21. The van der Waals surface area contributed by atoms with Crippen LogP contribution < -0.4 is 4.90 Å². The predicted molar refractivity (Wildman–Crippen MR) is 99.1 cm³/mol. The third-order valence-electron chi connectivity index (χ3n) is 4.54. The standard InChI is InChI=1S/C19H17ClN4O/c20-17-4-3-16(18-15(17)2-1-7-22-18)19(25)24-12-10-23(11-13-24)14-5-8-21-9-6-14/h1-9H,10-13H2. The Kier molecular flexibility index (Phi) is 4.24. The summed E-state index contributed by atoms with van der Waals surface area (Å²) >= 11 is 6.23. The number of aromatic nitrogens is 2. The van der Waals surface area contributed by atoms with Gasteiger partial charge in [0, 0.05) is 55.8 Å². The molecule has 1 fully saturated rings. The van der Waals surface area contributed by atoms with Crippen LogP contribution in [-0.4, -0.2) is 47.0 Å². The van der Waals surface area contributed by atoms with Crippen LogP contribution in [0.5, 0.6) is 0 Å². The number of fused-ring (bicyclic) bond motifs is 1. The smallest absolute Gasteiger partial charge is 0.256 e. The first-order chi connectivity index (χ1) is 12.2. The summed E-state index contributed by atoms with van der Waals surface area (Å²) in [7, 11) is 0. The highest BCUT2D eigenvalue weighted by Gasteiger charge is 2.24. The summed E-state index contributed by atoms with van der Waals surface area (Å²) in [6.07, 6.45) is 5.27. The number of hydrogen-bond donors (Lipinski definition) is 0. The molecule has 0 saturated carbocycles. The van der Waals surface area contributed by atoms with Gasteiger partial charge in [-0.15, -0.1) is 0 Å². The molecule has 0 aliphatic carbocycles. The molecule has 126 valence electrons. The number of carbonyl (C=O) groups is 1. The first-order valence-corrected chi connectivity index (χ1v) is 8.59. The number of benzene rings is 1. The highest BCUT2D eigenvalue weighted by molar-refractivity contribution is 6.36. The summed E-state index contributed by atoms with van der Waals surface area (Å²) in [5.74, 6) is 0.00902. The van der Waals surface area contributed by atoms with E-state index in [0.717, 1.165) is 24.2 Å². The Labute approximate surface area is 150 Å². The molecule has 3 heterocycles. The van der Waals surface area contributed by atoms with Crippen LogP contribution in [0.3, 0.4) is 0 Å². The Morgan fingerprint density at radius 1 is 0.960 bits per heavy atom. The summed E-state index contributed by atoms with van der Waals surface area (Å²) in [5.41, 5.74) is 2.41. The zero-order valence-electron chi connectivity index (χ0n) is 13.6. The Bertz CT molecular complexity index is 908. The average molecular weight is 353 g/mol. The molecule has 1 saturated heterocycles. The molecule has 3 aromatic rings. The lowest BCUT2D eigenvalue weighted by Crippen LogP contribution is -2.48. The van der Waals surface area contributed by atoms with E-state index in [4.69, 9.17) is 11.6 Å². The minimum absolute atomic E-state index is 0.00902. The zero-order chi connectivity index (χ0) is 17.2. The quantitative estimate of drug-likeness (QED) is 0.710. The van der Waals surface area contributed by atoms with E-state index in [-0.39, 0.29) is 5.91 Å². The van der Waals surface area contributed by atoms with Crippen LogP contribution in [0.4, 0.5) is 5.69 Å². The van der Waals surface area contributed by atoms with E-state index in [1.165, 1.54) is 0 Å².